The molecule has 5 nitrogen and oxygen atoms in total. The maximum atomic E-state index is 12.1. The van der Waals surface area contributed by atoms with Gasteiger partial charge in [0.05, 0.1) is 11.2 Å². The molecule has 2 saturated carbocycles. The minimum Gasteiger partial charge on any atom is -0.507 e. The van der Waals surface area contributed by atoms with Gasteiger partial charge in [0, 0.05) is 23.6 Å². The zero-order chi connectivity index (χ0) is 19.0. The van der Waals surface area contributed by atoms with E-state index in [2.05, 4.69) is 11.5 Å². The second-order valence-electron chi connectivity index (χ2n) is 9.20. The molecule has 3 fully saturated rings. The average molecular weight is 368 g/mol. The Kier molecular flexibility index (Phi) is 3.57. The van der Waals surface area contributed by atoms with Crippen molar-refractivity contribution in [1.82, 2.24) is 4.90 Å². The lowest BCUT2D eigenvalue weighted by Crippen LogP contribution is -2.72. The van der Waals surface area contributed by atoms with E-state index in [-0.39, 0.29) is 17.4 Å². The van der Waals surface area contributed by atoms with Gasteiger partial charge in [0.2, 0.25) is 0 Å². The molecule has 2 bridgehead atoms. The van der Waals surface area contributed by atoms with Gasteiger partial charge in [-0.3, -0.25) is 9.69 Å². The fourth-order valence-corrected chi connectivity index (χ4v) is 6.18. The SMILES string of the molecule is C=C1CCC2(O)[C@H]3Cc4ccc(C(N)=O)c(O)c4[C@@]2(CCN3CC2CC2)C1. The van der Waals surface area contributed by atoms with Gasteiger partial charge < -0.3 is 15.9 Å². The maximum Gasteiger partial charge on any atom is 0.252 e. The molecule has 4 N–H and O–H groups in total. The number of phenols is 1. The Balaban J connectivity index is 1.70. The van der Waals surface area contributed by atoms with E-state index in [1.807, 2.05) is 6.07 Å². The third-order valence-electron chi connectivity index (χ3n) is 7.67. The number of aromatic hydroxyl groups is 1. The molecule has 0 spiro atoms. The van der Waals surface area contributed by atoms with E-state index >= 15 is 0 Å². The van der Waals surface area contributed by atoms with Gasteiger partial charge in [0.25, 0.3) is 5.91 Å². The van der Waals surface area contributed by atoms with Gasteiger partial charge in [-0.15, -0.1) is 0 Å². The first kappa shape index (κ1) is 17.3. The van der Waals surface area contributed by atoms with Gasteiger partial charge in [-0.1, -0.05) is 18.2 Å². The summed E-state index contributed by atoms with van der Waals surface area (Å²) in [6, 6.07) is 3.63. The van der Waals surface area contributed by atoms with Crippen molar-refractivity contribution in [3.05, 3.63) is 41.0 Å². The highest BCUT2D eigenvalue weighted by atomic mass is 16.3. The first-order valence-corrected chi connectivity index (χ1v) is 10.1. The van der Waals surface area contributed by atoms with Crippen LogP contribution in [0.2, 0.25) is 0 Å². The first-order chi connectivity index (χ1) is 12.9. The number of piperidine rings is 1. The normalized spacial score (nSPS) is 35.4. The van der Waals surface area contributed by atoms with E-state index in [4.69, 9.17) is 5.73 Å². The molecular weight excluding hydrogens is 340 g/mol. The lowest BCUT2D eigenvalue weighted by atomic mass is 9.48. The fourth-order valence-electron chi connectivity index (χ4n) is 6.18. The van der Waals surface area contributed by atoms with Crippen LogP contribution in [0, 0.1) is 5.92 Å². The summed E-state index contributed by atoms with van der Waals surface area (Å²) in [5.41, 5.74) is 7.09. The van der Waals surface area contributed by atoms with Gasteiger partial charge in [-0.05, 0) is 69.0 Å². The summed E-state index contributed by atoms with van der Waals surface area (Å²) in [5.74, 6) is 0.118. The van der Waals surface area contributed by atoms with Crippen molar-refractivity contribution in [3.63, 3.8) is 0 Å². The molecule has 1 aliphatic heterocycles. The van der Waals surface area contributed by atoms with Crippen molar-refractivity contribution in [2.75, 3.05) is 13.1 Å². The number of benzene rings is 1. The number of carbonyl (C=O) groups is 1. The molecule has 1 heterocycles. The molecule has 1 saturated heterocycles. The minimum absolute atomic E-state index is 0.0257. The number of fused-ring (bicyclic) bond motifs is 1. The monoisotopic (exact) mass is 368 g/mol. The van der Waals surface area contributed by atoms with Crippen LogP contribution in [0.25, 0.3) is 0 Å². The van der Waals surface area contributed by atoms with Crippen LogP contribution in [0.15, 0.2) is 24.3 Å². The standard InChI is InChI=1S/C22H28N2O3/c1-13-6-7-22(27)17-10-15-4-5-16(20(23)26)19(25)18(15)21(22,11-13)8-9-24(17)12-14-2-3-14/h4-5,14,17,25,27H,1-3,6-12H2,(H2,23,26)/t17-,21-,22?/m1/s1. The number of likely N-dealkylation sites (tertiary alicyclic amines) is 1. The Morgan fingerprint density at radius 1 is 1.33 bits per heavy atom. The molecule has 1 amide bonds. The van der Waals surface area contributed by atoms with Crippen molar-refractivity contribution in [3.8, 4) is 5.75 Å². The molecular formula is C22H28N2O3. The van der Waals surface area contributed by atoms with E-state index in [0.717, 1.165) is 48.5 Å². The van der Waals surface area contributed by atoms with Crippen LogP contribution in [0.3, 0.4) is 0 Å². The minimum atomic E-state index is -0.901. The molecule has 0 aromatic heterocycles. The molecule has 3 aliphatic carbocycles. The van der Waals surface area contributed by atoms with Crippen LogP contribution >= 0.6 is 0 Å². The number of allylic oxidation sites excluding steroid dienone is 1. The summed E-state index contributed by atoms with van der Waals surface area (Å²) in [7, 11) is 0. The second-order valence-corrected chi connectivity index (χ2v) is 9.20. The highest BCUT2D eigenvalue weighted by Gasteiger charge is 2.64. The van der Waals surface area contributed by atoms with Gasteiger partial charge in [0.15, 0.2) is 0 Å². The van der Waals surface area contributed by atoms with Crippen molar-refractivity contribution in [2.45, 2.75) is 62.0 Å². The van der Waals surface area contributed by atoms with E-state index < -0.39 is 16.9 Å². The molecule has 1 aromatic rings. The smallest absolute Gasteiger partial charge is 0.252 e. The Morgan fingerprint density at radius 2 is 2.11 bits per heavy atom. The number of nitrogens with two attached hydrogens (primary N) is 1. The number of hydrogen-bond acceptors (Lipinski definition) is 4. The fraction of sp³-hybridized carbons (Fsp3) is 0.591. The van der Waals surface area contributed by atoms with Gasteiger partial charge >= 0.3 is 0 Å². The molecule has 0 radical (unpaired) electrons. The van der Waals surface area contributed by atoms with Crippen molar-refractivity contribution >= 4 is 5.91 Å². The molecule has 1 aromatic carbocycles. The third kappa shape index (κ3) is 2.28. The van der Waals surface area contributed by atoms with Crippen LogP contribution < -0.4 is 5.73 Å². The Hall–Kier alpha value is -1.85. The highest BCUT2D eigenvalue weighted by Crippen LogP contribution is 2.61. The molecule has 5 heteroatoms. The summed E-state index contributed by atoms with van der Waals surface area (Å²) in [6.07, 6.45) is 6.22. The summed E-state index contributed by atoms with van der Waals surface area (Å²) in [4.78, 5) is 14.3. The van der Waals surface area contributed by atoms with E-state index in [1.54, 1.807) is 6.07 Å². The van der Waals surface area contributed by atoms with Crippen molar-refractivity contribution in [1.29, 1.82) is 0 Å². The van der Waals surface area contributed by atoms with Gasteiger partial charge in [-0.2, -0.15) is 0 Å². The Morgan fingerprint density at radius 3 is 2.81 bits per heavy atom. The largest absolute Gasteiger partial charge is 0.507 e. The predicted molar refractivity (Wildman–Crippen MR) is 103 cm³/mol. The zero-order valence-corrected chi connectivity index (χ0v) is 15.7. The molecule has 4 aliphatic rings. The van der Waals surface area contributed by atoms with E-state index in [9.17, 15) is 15.0 Å². The van der Waals surface area contributed by atoms with Crippen LogP contribution in [-0.4, -0.2) is 45.8 Å². The average Bonchev–Trinajstić information content (AvgIpc) is 3.42. The number of primary amides is 1. The third-order valence-corrected chi connectivity index (χ3v) is 7.67. The summed E-state index contributed by atoms with van der Waals surface area (Å²) < 4.78 is 0. The molecule has 144 valence electrons. The number of hydrogen-bond donors (Lipinski definition) is 3. The van der Waals surface area contributed by atoms with Crippen LogP contribution in [0.1, 0.15) is 60.0 Å². The first-order valence-electron chi connectivity index (χ1n) is 10.1. The molecule has 27 heavy (non-hydrogen) atoms. The van der Waals surface area contributed by atoms with Crippen LogP contribution in [0.5, 0.6) is 5.75 Å². The number of nitrogens with zero attached hydrogens (tertiary/aromatic N) is 1. The zero-order valence-electron chi connectivity index (χ0n) is 15.7. The van der Waals surface area contributed by atoms with Crippen LogP contribution in [-0.2, 0) is 11.8 Å². The number of rotatable bonds is 3. The lowest BCUT2D eigenvalue weighted by molar-refractivity contribution is -0.159. The number of aliphatic hydroxyl groups is 1. The topological polar surface area (TPSA) is 86.8 Å². The Labute approximate surface area is 159 Å². The summed E-state index contributed by atoms with van der Waals surface area (Å²) >= 11 is 0. The van der Waals surface area contributed by atoms with Crippen molar-refractivity contribution < 1.29 is 15.0 Å². The van der Waals surface area contributed by atoms with Gasteiger partial charge in [0.1, 0.15) is 5.75 Å². The van der Waals surface area contributed by atoms with Crippen molar-refractivity contribution in [2.24, 2.45) is 11.7 Å². The maximum absolute atomic E-state index is 12.1. The molecule has 5 rings (SSSR count). The number of carbonyl (C=O) groups excluding carboxylic acids is 1. The van der Waals surface area contributed by atoms with Gasteiger partial charge in [-0.25, -0.2) is 0 Å². The molecule has 3 atom stereocenters. The highest BCUT2D eigenvalue weighted by molar-refractivity contribution is 5.96. The quantitative estimate of drug-likeness (QED) is 0.714. The molecule has 1 unspecified atom stereocenters. The van der Waals surface area contributed by atoms with Crippen LogP contribution in [0.4, 0.5) is 0 Å². The number of amides is 1. The van der Waals surface area contributed by atoms with E-state index in [0.29, 0.717) is 19.3 Å². The lowest BCUT2D eigenvalue weighted by Gasteiger charge is -2.64. The van der Waals surface area contributed by atoms with E-state index in [1.165, 1.54) is 12.8 Å². The summed E-state index contributed by atoms with van der Waals surface area (Å²) in [6.45, 7) is 6.19. The second kappa shape index (κ2) is 5.58. The Bertz CT molecular complexity index is 846. The summed E-state index contributed by atoms with van der Waals surface area (Å²) in [5, 5.41) is 23.1. The predicted octanol–water partition coefficient (Wildman–Crippen LogP) is 2.24.